The number of halogens is 2. The van der Waals surface area contributed by atoms with Crippen molar-refractivity contribution in [2.45, 2.75) is 51.6 Å². The highest BCUT2D eigenvalue weighted by Gasteiger charge is 2.52. The summed E-state index contributed by atoms with van der Waals surface area (Å²) >= 11 is 13.1. The topological polar surface area (TPSA) is 83.0 Å². The lowest BCUT2D eigenvalue weighted by atomic mass is 9.95. The number of aryl methyl sites for hydroxylation is 3. The van der Waals surface area contributed by atoms with Gasteiger partial charge in [0, 0.05) is 62.0 Å². The van der Waals surface area contributed by atoms with Gasteiger partial charge in [0.15, 0.2) is 0 Å². The quantitative estimate of drug-likeness (QED) is 0.187. The molecule has 10 heteroatoms. The number of urea groups is 1. The van der Waals surface area contributed by atoms with Gasteiger partial charge in [-0.25, -0.2) is 14.1 Å². The Labute approximate surface area is 250 Å². The molecule has 0 spiro atoms. The molecule has 2 aromatic carbocycles. The van der Waals surface area contributed by atoms with Gasteiger partial charge in [-0.05, 0) is 62.2 Å². The molecule has 2 unspecified atom stereocenters. The molecule has 41 heavy (non-hydrogen) atoms. The van der Waals surface area contributed by atoms with Crippen LogP contribution in [0.3, 0.4) is 0 Å². The Balaban J connectivity index is 1.52. The fraction of sp³-hybridized carbons (Fsp3) is 0.387. The van der Waals surface area contributed by atoms with Crippen LogP contribution in [0.2, 0.25) is 10.0 Å². The first kappa shape index (κ1) is 29.2. The number of aromatic nitrogens is 1. The van der Waals surface area contributed by atoms with Crippen molar-refractivity contribution in [2.24, 2.45) is 0 Å². The minimum Gasteiger partial charge on any atom is -0.449 e. The molecule has 0 bridgehead atoms. The summed E-state index contributed by atoms with van der Waals surface area (Å²) < 4.78 is 5.12. The summed E-state index contributed by atoms with van der Waals surface area (Å²) in [4.78, 5) is 34.5. The predicted octanol–water partition coefficient (Wildman–Crippen LogP) is 7.42. The van der Waals surface area contributed by atoms with Gasteiger partial charge in [0.2, 0.25) is 0 Å². The number of para-hydroxylation sites is 1. The molecule has 8 nitrogen and oxygen atoms in total. The van der Waals surface area contributed by atoms with Crippen molar-refractivity contribution < 1.29 is 23.9 Å². The van der Waals surface area contributed by atoms with Crippen LogP contribution in [-0.2, 0) is 6.42 Å². The molecule has 0 radical (unpaired) electrons. The molecule has 0 saturated carbocycles. The summed E-state index contributed by atoms with van der Waals surface area (Å²) in [5.74, 6) is 0.253. The van der Waals surface area contributed by atoms with Crippen molar-refractivity contribution in [3.63, 3.8) is 0 Å². The van der Waals surface area contributed by atoms with Crippen LogP contribution in [-0.4, -0.2) is 60.0 Å². The Morgan fingerprint density at radius 3 is 2.27 bits per heavy atom. The third kappa shape index (κ3) is 5.61. The van der Waals surface area contributed by atoms with Crippen molar-refractivity contribution >= 4 is 46.8 Å². The first-order valence-electron chi connectivity index (χ1n) is 13.8. The zero-order chi connectivity index (χ0) is 29.5. The molecule has 2 aliphatic rings. The van der Waals surface area contributed by atoms with E-state index in [9.17, 15) is 14.7 Å². The number of ether oxygens (including phenoxy) is 1. The van der Waals surface area contributed by atoms with Gasteiger partial charge in [-0.15, -0.1) is 0 Å². The van der Waals surface area contributed by atoms with Gasteiger partial charge in [0.05, 0.1) is 22.8 Å². The average Bonchev–Trinajstić information content (AvgIpc) is 3.35. The number of quaternary nitrogens is 1. The molecule has 216 valence electrons. The summed E-state index contributed by atoms with van der Waals surface area (Å²) in [5.41, 5.74) is 5.64. The summed E-state index contributed by atoms with van der Waals surface area (Å²) in [6.07, 6.45) is 1.77. The molecule has 1 aliphatic heterocycles. The van der Waals surface area contributed by atoms with Crippen molar-refractivity contribution in [3.05, 3.63) is 81.1 Å². The molecular formula is C31H35Cl2N4O4+. The van der Waals surface area contributed by atoms with E-state index in [1.165, 1.54) is 0 Å². The van der Waals surface area contributed by atoms with E-state index in [0.717, 1.165) is 67.0 Å². The van der Waals surface area contributed by atoms with E-state index in [0.29, 0.717) is 15.7 Å². The first-order chi connectivity index (χ1) is 19.5. The van der Waals surface area contributed by atoms with E-state index >= 15 is 0 Å². The highest BCUT2D eigenvalue weighted by Crippen LogP contribution is 2.46. The van der Waals surface area contributed by atoms with Gasteiger partial charge in [0.25, 0.3) is 0 Å². The molecule has 2 atom stereocenters. The normalized spacial score (nSPS) is 18.5. The number of hydrogen-bond donors (Lipinski definition) is 1. The monoisotopic (exact) mass is 597 g/mol. The Bertz CT molecular complexity index is 1450. The van der Waals surface area contributed by atoms with E-state index in [1.807, 2.05) is 27.0 Å². The Hall–Kier alpha value is -3.33. The van der Waals surface area contributed by atoms with E-state index in [2.05, 4.69) is 22.0 Å². The van der Waals surface area contributed by atoms with Gasteiger partial charge in [-0.1, -0.05) is 35.3 Å². The minimum atomic E-state index is -1.37. The number of carbonyl (C=O) groups is 2. The van der Waals surface area contributed by atoms with Crippen molar-refractivity contribution in [1.82, 2.24) is 4.98 Å². The fourth-order valence-corrected chi connectivity index (χ4v) is 7.36. The van der Waals surface area contributed by atoms with Crippen molar-refractivity contribution in [2.75, 3.05) is 37.0 Å². The minimum absolute atomic E-state index is 0.00601. The molecule has 2 heterocycles. The second-order valence-electron chi connectivity index (χ2n) is 11.2. The molecule has 1 saturated heterocycles. The highest BCUT2D eigenvalue weighted by atomic mass is 35.5. The summed E-state index contributed by atoms with van der Waals surface area (Å²) in [6, 6.07) is 14.5. The van der Waals surface area contributed by atoms with E-state index in [-0.39, 0.29) is 28.3 Å². The van der Waals surface area contributed by atoms with Crippen molar-refractivity contribution in [1.29, 1.82) is 0 Å². The standard InChI is InChI=1S/C31H34Cl2N4O4/c1-19-16-22(17-20(2)34-19)36-14-12-23(13-15-36)37(4,30(38)35(3)29-26(32)6-5-7-27(29)33)28-11-9-21-8-10-24(18-25(21)28)41-31(39)40/h5-8,10,16-18,23,28H,9,11-15H2,1-4H3/p+1. The number of anilines is 2. The summed E-state index contributed by atoms with van der Waals surface area (Å²) in [5, 5.41) is 10.0. The largest absolute Gasteiger partial charge is 0.511 e. The van der Waals surface area contributed by atoms with E-state index in [4.69, 9.17) is 27.9 Å². The van der Waals surface area contributed by atoms with Crippen LogP contribution >= 0.6 is 23.2 Å². The Morgan fingerprint density at radius 2 is 1.66 bits per heavy atom. The second kappa shape index (κ2) is 11.5. The van der Waals surface area contributed by atoms with Gasteiger partial charge in [0.1, 0.15) is 17.8 Å². The lowest BCUT2D eigenvalue weighted by Gasteiger charge is -2.48. The summed E-state index contributed by atoms with van der Waals surface area (Å²) in [7, 11) is 3.73. The van der Waals surface area contributed by atoms with Crippen LogP contribution in [0.4, 0.5) is 21.0 Å². The van der Waals surface area contributed by atoms with Gasteiger partial charge < -0.3 is 14.7 Å². The number of carbonyl (C=O) groups excluding carboxylic acids is 1. The first-order valence-corrected chi connectivity index (χ1v) is 14.6. The number of amides is 2. The van der Waals surface area contributed by atoms with Crippen LogP contribution in [0.15, 0.2) is 48.5 Å². The molecular weight excluding hydrogens is 563 g/mol. The number of pyridine rings is 1. The van der Waals surface area contributed by atoms with Gasteiger partial charge in [-0.3, -0.25) is 9.88 Å². The number of hydrogen-bond acceptors (Lipinski definition) is 5. The molecule has 5 rings (SSSR count). The number of carboxylic acid groups (broad SMARTS) is 1. The predicted molar refractivity (Wildman–Crippen MR) is 162 cm³/mol. The fourth-order valence-electron chi connectivity index (χ4n) is 6.71. The molecule has 2 amide bonds. The van der Waals surface area contributed by atoms with Crippen molar-refractivity contribution in [3.8, 4) is 5.75 Å². The average molecular weight is 599 g/mol. The lowest BCUT2D eigenvalue weighted by molar-refractivity contribution is -0.887. The van der Waals surface area contributed by atoms with E-state index in [1.54, 1.807) is 42.3 Å². The van der Waals surface area contributed by atoms with Gasteiger partial charge in [-0.2, -0.15) is 0 Å². The van der Waals surface area contributed by atoms with Crippen LogP contribution in [0.1, 0.15) is 47.8 Å². The number of fused-ring (bicyclic) bond motifs is 1. The molecule has 3 aromatic rings. The zero-order valence-corrected chi connectivity index (χ0v) is 25.2. The SMILES string of the molecule is Cc1cc(N2CCC([N+](C)(C(=O)N(C)c3c(Cl)cccc3Cl)C3CCc4ccc(OC(=O)O)cc43)CC2)cc(C)n1. The maximum absolute atomic E-state index is 14.7. The third-order valence-corrected chi connectivity index (χ3v) is 9.25. The van der Waals surface area contributed by atoms with E-state index < -0.39 is 6.16 Å². The molecule has 1 N–H and O–H groups in total. The van der Waals surface area contributed by atoms with Crippen LogP contribution in [0.5, 0.6) is 5.75 Å². The van der Waals surface area contributed by atoms with Crippen LogP contribution in [0.25, 0.3) is 0 Å². The number of nitrogens with zero attached hydrogens (tertiary/aromatic N) is 4. The number of benzene rings is 2. The molecule has 1 fully saturated rings. The smallest absolute Gasteiger partial charge is 0.449 e. The summed E-state index contributed by atoms with van der Waals surface area (Å²) in [6.45, 7) is 5.61. The maximum atomic E-state index is 14.7. The Morgan fingerprint density at radius 1 is 1.02 bits per heavy atom. The molecule has 1 aromatic heterocycles. The second-order valence-corrected chi connectivity index (χ2v) is 12.0. The zero-order valence-electron chi connectivity index (χ0n) is 23.7. The number of piperidine rings is 1. The lowest BCUT2D eigenvalue weighted by Crippen LogP contribution is -2.64. The van der Waals surface area contributed by atoms with Crippen LogP contribution in [0, 0.1) is 13.8 Å². The maximum Gasteiger partial charge on any atom is 0.511 e. The Kier molecular flexibility index (Phi) is 8.19. The van der Waals surface area contributed by atoms with Crippen LogP contribution < -0.4 is 14.5 Å². The third-order valence-electron chi connectivity index (χ3n) is 8.64. The number of rotatable bonds is 5. The van der Waals surface area contributed by atoms with Gasteiger partial charge >= 0.3 is 12.2 Å². The highest BCUT2D eigenvalue weighted by molar-refractivity contribution is 6.39. The molecule has 1 aliphatic carbocycles.